The maximum atomic E-state index is 5.25. The quantitative estimate of drug-likeness (QED) is 0.346. The third-order valence-electron chi connectivity index (χ3n) is 8.29. The van der Waals surface area contributed by atoms with Gasteiger partial charge < -0.3 is 9.80 Å². The van der Waals surface area contributed by atoms with E-state index in [0.29, 0.717) is 0 Å². The van der Waals surface area contributed by atoms with Crippen LogP contribution in [-0.2, 0) is 12.8 Å². The van der Waals surface area contributed by atoms with Crippen LogP contribution in [0.4, 0.5) is 5.69 Å². The van der Waals surface area contributed by atoms with Crippen LogP contribution in [0, 0.1) is 33.6 Å². The Kier molecular flexibility index (Phi) is 6.94. The SMILES string of the molecule is CCN(CC)CCN(CC1CC1)c1cc(C)nc2c1c1c(n2-c2c(C)cc(C)cc2C)CCCC1. The molecule has 2 aliphatic rings. The lowest BCUT2D eigenvalue weighted by atomic mass is 9.94. The number of benzene rings is 1. The van der Waals surface area contributed by atoms with E-state index in [1.807, 2.05) is 0 Å². The van der Waals surface area contributed by atoms with E-state index in [1.165, 1.54) is 83.4 Å². The number of nitrogens with zero attached hydrogens (tertiary/aromatic N) is 4. The maximum absolute atomic E-state index is 5.25. The molecule has 2 aromatic heterocycles. The Labute approximate surface area is 212 Å². The number of pyridine rings is 1. The average Bonchev–Trinajstić information content (AvgIpc) is 3.59. The predicted octanol–water partition coefficient (Wildman–Crippen LogP) is 6.70. The van der Waals surface area contributed by atoms with Gasteiger partial charge in [0.05, 0.1) is 5.69 Å². The second-order valence-electron chi connectivity index (χ2n) is 11.1. The molecule has 0 saturated heterocycles. The van der Waals surface area contributed by atoms with Gasteiger partial charge >= 0.3 is 0 Å². The van der Waals surface area contributed by atoms with Crippen LogP contribution in [0.5, 0.6) is 0 Å². The summed E-state index contributed by atoms with van der Waals surface area (Å²) in [6.07, 6.45) is 7.65. The average molecular weight is 473 g/mol. The first-order valence-electron chi connectivity index (χ1n) is 14.0. The fraction of sp³-hybridized carbons (Fsp3) is 0.581. The van der Waals surface area contributed by atoms with E-state index in [2.05, 4.69) is 74.1 Å². The minimum atomic E-state index is 0.856. The van der Waals surface area contributed by atoms with Crippen molar-refractivity contribution in [2.75, 3.05) is 37.6 Å². The third kappa shape index (κ3) is 4.74. The maximum Gasteiger partial charge on any atom is 0.147 e. The van der Waals surface area contributed by atoms with Crippen LogP contribution in [0.25, 0.3) is 16.7 Å². The highest BCUT2D eigenvalue weighted by atomic mass is 15.2. The van der Waals surface area contributed by atoms with Crippen molar-refractivity contribution in [2.45, 2.75) is 80.1 Å². The largest absolute Gasteiger partial charge is 0.369 e. The topological polar surface area (TPSA) is 24.3 Å². The van der Waals surface area contributed by atoms with Gasteiger partial charge in [0.2, 0.25) is 0 Å². The summed E-state index contributed by atoms with van der Waals surface area (Å²) in [7, 11) is 0. The molecule has 4 heteroatoms. The molecule has 0 radical (unpaired) electrons. The molecule has 4 nitrogen and oxygen atoms in total. The Morgan fingerprint density at radius 2 is 1.60 bits per heavy atom. The summed E-state index contributed by atoms with van der Waals surface area (Å²) < 4.78 is 2.56. The van der Waals surface area contributed by atoms with E-state index in [9.17, 15) is 0 Å². The number of aromatic nitrogens is 2. The lowest BCUT2D eigenvalue weighted by molar-refractivity contribution is 0.309. The smallest absolute Gasteiger partial charge is 0.147 e. The third-order valence-corrected chi connectivity index (χ3v) is 8.29. The highest BCUT2D eigenvalue weighted by Gasteiger charge is 2.30. The summed E-state index contributed by atoms with van der Waals surface area (Å²) in [4.78, 5) is 10.5. The summed E-state index contributed by atoms with van der Waals surface area (Å²) >= 11 is 0. The highest BCUT2D eigenvalue weighted by molar-refractivity contribution is 5.96. The molecule has 2 aliphatic carbocycles. The van der Waals surface area contributed by atoms with Gasteiger partial charge in [-0.1, -0.05) is 31.5 Å². The molecule has 1 aromatic carbocycles. The van der Waals surface area contributed by atoms with Crippen molar-refractivity contribution in [3.8, 4) is 5.69 Å². The molecule has 3 aromatic rings. The molecule has 2 heterocycles. The molecule has 0 amide bonds. The number of likely N-dealkylation sites (N-methyl/N-ethyl adjacent to an activating group) is 1. The zero-order valence-corrected chi connectivity index (χ0v) is 22.9. The van der Waals surface area contributed by atoms with Gasteiger partial charge in [0.25, 0.3) is 0 Å². The van der Waals surface area contributed by atoms with Gasteiger partial charge in [-0.15, -0.1) is 0 Å². The fourth-order valence-electron chi connectivity index (χ4n) is 6.36. The second kappa shape index (κ2) is 9.97. The lowest BCUT2D eigenvalue weighted by Crippen LogP contribution is -2.36. The van der Waals surface area contributed by atoms with Crippen molar-refractivity contribution in [1.29, 1.82) is 0 Å². The van der Waals surface area contributed by atoms with Crippen molar-refractivity contribution in [3.05, 3.63) is 51.8 Å². The van der Waals surface area contributed by atoms with Crippen LogP contribution < -0.4 is 4.90 Å². The van der Waals surface area contributed by atoms with E-state index in [0.717, 1.165) is 44.2 Å². The molecule has 1 fully saturated rings. The number of hydrogen-bond acceptors (Lipinski definition) is 3. The molecule has 5 rings (SSSR count). The Morgan fingerprint density at radius 1 is 0.914 bits per heavy atom. The second-order valence-corrected chi connectivity index (χ2v) is 11.1. The van der Waals surface area contributed by atoms with Crippen molar-refractivity contribution in [1.82, 2.24) is 14.5 Å². The van der Waals surface area contributed by atoms with Crippen LogP contribution in [0.15, 0.2) is 18.2 Å². The Bertz CT molecular complexity index is 1190. The van der Waals surface area contributed by atoms with Crippen molar-refractivity contribution < 1.29 is 0 Å². The molecule has 35 heavy (non-hydrogen) atoms. The van der Waals surface area contributed by atoms with E-state index >= 15 is 0 Å². The highest BCUT2D eigenvalue weighted by Crippen LogP contribution is 2.42. The lowest BCUT2D eigenvalue weighted by Gasteiger charge is -2.29. The van der Waals surface area contributed by atoms with E-state index in [4.69, 9.17) is 4.98 Å². The molecule has 0 atom stereocenters. The van der Waals surface area contributed by atoms with Crippen LogP contribution in [-0.4, -0.2) is 47.2 Å². The van der Waals surface area contributed by atoms with Gasteiger partial charge in [0, 0.05) is 42.1 Å². The molecule has 0 N–H and O–H groups in total. The summed E-state index contributed by atoms with van der Waals surface area (Å²) in [6, 6.07) is 7.06. The first kappa shape index (κ1) is 24.4. The number of aryl methyl sites for hydroxylation is 5. The van der Waals surface area contributed by atoms with Crippen LogP contribution in [0.2, 0.25) is 0 Å². The van der Waals surface area contributed by atoms with Gasteiger partial charge in [-0.2, -0.15) is 0 Å². The summed E-state index contributed by atoms with van der Waals surface area (Å²) in [5.74, 6) is 0.856. The van der Waals surface area contributed by atoms with Gasteiger partial charge in [-0.25, -0.2) is 4.98 Å². The minimum absolute atomic E-state index is 0.856. The molecule has 0 aliphatic heterocycles. The van der Waals surface area contributed by atoms with Crippen LogP contribution in [0.3, 0.4) is 0 Å². The van der Waals surface area contributed by atoms with Gasteiger partial charge in [-0.3, -0.25) is 4.57 Å². The molecule has 0 spiro atoms. The van der Waals surface area contributed by atoms with E-state index < -0.39 is 0 Å². The minimum Gasteiger partial charge on any atom is -0.369 e. The summed E-state index contributed by atoms with van der Waals surface area (Å²) in [5.41, 5.74) is 12.2. The Hall–Kier alpha value is -2.33. The Morgan fingerprint density at radius 3 is 2.26 bits per heavy atom. The molecule has 1 saturated carbocycles. The molecular formula is C31H44N4. The normalized spacial score (nSPS) is 15.7. The number of hydrogen-bond donors (Lipinski definition) is 0. The van der Waals surface area contributed by atoms with Crippen molar-refractivity contribution in [2.24, 2.45) is 5.92 Å². The van der Waals surface area contributed by atoms with Crippen LogP contribution in [0.1, 0.15) is 73.2 Å². The summed E-state index contributed by atoms with van der Waals surface area (Å²) in [6.45, 7) is 19.2. The molecular weight excluding hydrogens is 428 g/mol. The van der Waals surface area contributed by atoms with Crippen molar-refractivity contribution in [3.63, 3.8) is 0 Å². The van der Waals surface area contributed by atoms with Gasteiger partial charge in [0.15, 0.2) is 0 Å². The van der Waals surface area contributed by atoms with Crippen LogP contribution >= 0.6 is 0 Å². The standard InChI is InChI=1S/C31H44N4/c1-7-33(8-2)15-16-34(20-25-13-14-25)28-19-24(6)32-31-29(28)26-11-9-10-12-27(26)35(31)30-22(4)17-21(3)18-23(30)5/h17-19,25H,7-16,20H2,1-6H3. The molecule has 0 unspecified atom stereocenters. The van der Waals surface area contributed by atoms with E-state index in [-0.39, 0.29) is 0 Å². The van der Waals surface area contributed by atoms with Gasteiger partial charge in [0.1, 0.15) is 5.65 Å². The number of fused-ring (bicyclic) bond motifs is 3. The monoisotopic (exact) mass is 472 g/mol. The zero-order valence-electron chi connectivity index (χ0n) is 22.9. The zero-order chi connectivity index (χ0) is 24.7. The predicted molar refractivity (Wildman–Crippen MR) is 149 cm³/mol. The number of anilines is 1. The van der Waals surface area contributed by atoms with Crippen molar-refractivity contribution >= 4 is 16.7 Å². The molecule has 0 bridgehead atoms. The first-order valence-corrected chi connectivity index (χ1v) is 14.0. The number of rotatable bonds is 9. The first-order chi connectivity index (χ1) is 16.9. The summed E-state index contributed by atoms with van der Waals surface area (Å²) in [5, 5.41) is 1.44. The van der Waals surface area contributed by atoms with Gasteiger partial charge in [-0.05, 0) is 108 Å². The Balaban J connectivity index is 1.71. The van der Waals surface area contributed by atoms with E-state index in [1.54, 1.807) is 5.56 Å². The molecule has 188 valence electrons. The fourth-order valence-corrected chi connectivity index (χ4v) is 6.36.